The predicted molar refractivity (Wildman–Crippen MR) is 108 cm³/mol. The number of hydrazone groups is 1. The van der Waals surface area contributed by atoms with E-state index in [-0.39, 0.29) is 11.9 Å². The van der Waals surface area contributed by atoms with Crippen LogP contribution in [0.25, 0.3) is 6.08 Å². The lowest BCUT2D eigenvalue weighted by Gasteiger charge is -2.06. The van der Waals surface area contributed by atoms with E-state index in [2.05, 4.69) is 42.6 Å². The van der Waals surface area contributed by atoms with Crippen molar-refractivity contribution in [3.8, 4) is 0 Å². The van der Waals surface area contributed by atoms with Crippen LogP contribution in [-0.4, -0.2) is 23.9 Å². The Bertz CT molecular complexity index is 897. The number of carbonyl (C=O) groups excluding carboxylic acids is 1. The first kappa shape index (κ1) is 18.9. The lowest BCUT2D eigenvalue weighted by atomic mass is 10.1. The van der Waals surface area contributed by atoms with Gasteiger partial charge in [-0.1, -0.05) is 31.3 Å². The zero-order valence-corrected chi connectivity index (χ0v) is 16.3. The highest BCUT2D eigenvalue weighted by atomic mass is 32.1. The van der Waals surface area contributed by atoms with Gasteiger partial charge in [0.2, 0.25) is 5.13 Å². The Balaban J connectivity index is 1.70. The summed E-state index contributed by atoms with van der Waals surface area (Å²) >= 11 is 1.53. The molecule has 1 aromatic carbocycles. The second-order valence-electron chi connectivity index (χ2n) is 6.25. The van der Waals surface area contributed by atoms with E-state index in [9.17, 15) is 4.79 Å². The number of aromatic nitrogens is 1. The number of rotatable bonds is 5. The summed E-state index contributed by atoms with van der Waals surface area (Å²) in [4.78, 5) is 17.1. The number of esters is 1. The maximum absolute atomic E-state index is 11.5. The van der Waals surface area contributed by atoms with Crippen LogP contribution >= 0.6 is 11.3 Å². The third kappa shape index (κ3) is 4.85. The highest BCUT2D eigenvalue weighted by Crippen LogP contribution is 2.30. The maximum atomic E-state index is 11.5. The molecule has 0 amide bonds. The van der Waals surface area contributed by atoms with Crippen LogP contribution in [0, 0.1) is 5.92 Å². The minimum absolute atomic E-state index is 0.0880. The molecule has 7 nitrogen and oxygen atoms in total. The lowest BCUT2D eigenvalue weighted by Crippen LogP contribution is -2.07. The number of fused-ring (bicyclic) bond motifs is 1. The second-order valence-corrected chi connectivity index (χ2v) is 7.26. The Kier molecular flexibility index (Phi) is 6.08. The van der Waals surface area contributed by atoms with Crippen LogP contribution in [0.3, 0.4) is 0 Å². The zero-order chi connectivity index (χ0) is 19.2. The third-order valence-electron chi connectivity index (χ3n) is 3.89. The molecule has 2 aromatic rings. The fourth-order valence-electron chi connectivity index (χ4n) is 2.39. The van der Waals surface area contributed by atoms with Crippen LogP contribution in [0.4, 0.5) is 10.8 Å². The van der Waals surface area contributed by atoms with Gasteiger partial charge in [-0.25, -0.2) is 9.78 Å². The van der Waals surface area contributed by atoms with Crippen LogP contribution in [0.5, 0.6) is 0 Å². The minimum atomic E-state index is -0.372. The fourth-order valence-corrected chi connectivity index (χ4v) is 3.26. The van der Waals surface area contributed by atoms with E-state index in [1.54, 1.807) is 24.3 Å². The first-order valence-electron chi connectivity index (χ1n) is 8.66. The summed E-state index contributed by atoms with van der Waals surface area (Å²) in [7, 11) is 1.36. The van der Waals surface area contributed by atoms with Crippen LogP contribution < -0.4 is 5.43 Å². The molecule has 0 aliphatic heterocycles. The molecule has 1 N–H and O–H groups in total. The molecule has 0 unspecified atom stereocenters. The summed E-state index contributed by atoms with van der Waals surface area (Å²) in [6.07, 6.45) is 6.21. The molecular formula is C19H21N5O2S. The maximum Gasteiger partial charge on any atom is 0.337 e. The van der Waals surface area contributed by atoms with Crippen molar-refractivity contribution in [3.63, 3.8) is 0 Å². The van der Waals surface area contributed by atoms with Gasteiger partial charge in [-0.3, -0.25) is 5.43 Å². The summed E-state index contributed by atoms with van der Waals surface area (Å²) in [6.45, 7) is 3.99. The monoisotopic (exact) mass is 383 g/mol. The number of carbonyl (C=O) groups is 1. The number of nitrogens with zero attached hydrogens (tertiary/aromatic N) is 4. The van der Waals surface area contributed by atoms with E-state index in [1.165, 1.54) is 18.4 Å². The number of azo groups is 1. The SMILES string of the molecule is COC(=O)c1ccc(NN=C(N=Nc2nc3c(s2)C=CCC3)C(C)C)cc1. The van der Waals surface area contributed by atoms with E-state index in [0.717, 1.165) is 29.1 Å². The van der Waals surface area contributed by atoms with Gasteiger partial charge in [-0.05, 0) is 43.2 Å². The number of nitrogens with one attached hydrogen (secondary N) is 1. The molecule has 0 fully saturated rings. The number of thiazole rings is 1. The molecule has 140 valence electrons. The molecule has 0 spiro atoms. The van der Waals surface area contributed by atoms with Crippen molar-refractivity contribution in [2.75, 3.05) is 12.5 Å². The van der Waals surface area contributed by atoms with Crippen molar-refractivity contribution >= 4 is 40.0 Å². The van der Waals surface area contributed by atoms with Gasteiger partial charge < -0.3 is 4.74 Å². The highest BCUT2D eigenvalue weighted by molar-refractivity contribution is 7.16. The minimum Gasteiger partial charge on any atom is -0.465 e. The van der Waals surface area contributed by atoms with Gasteiger partial charge >= 0.3 is 5.97 Å². The molecule has 27 heavy (non-hydrogen) atoms. The molecule has 1 heterocycles. The van der Waals surface area contributed by atoms with E-state index < -0.39 is 0 Å². The van der Waals surface area contributed by atoms with Gasteiger partial charge in [0, 0.05) is 5.92 Å². The molecule has 1 aliphatic rings. The quantitative estimate of drug-likeness (QED) is 0.257. The molecule has 3 rings (SSSR count). The van der Waals surface area contributed by atoms with E-state index in [0.29, 0.717) is 16.5 Å². The first-order valence-corrected chi connectivity index (χ1v) is 9.48. The smallest absolute Gasteiger partial charge is 0.337 e. The summed E-state index contributed by atoms with van der Waals surface area (Å²) in [5.41, 5.74) is 5.26. The van der Waals surface area contributed by atoms with Gasteiger partial charge in [0.1, 0.15) is 0 Å². The number of anilines is 1. The molecule has 8 heteroatoms. The van der Waals surface area contributed by atoms with Crippen molar-refractivity contribution < 1.29 is 9.53 Å². The molecule has 1 aromatic heterocycles. The summed E-state index contributed by atoms with van der Waals surface area (Å²) in [5, 5.41) is 13.5. The lowest BCUT2D eigenvalue weighted by molar-refractivity contribution is 0.0601. The zero-order valence-electron chi connectivity index (χ0n) is 15.5. The van der Waals surface area contributed by atoms with Crippen LogP contribution in [0.2, 0.25) is 0 Å². The average Bonchev–Trinajstić information content (AvgIpc) is 3.10. The fraction of sp³-hybridized carbons (Fsp3) is 0.316. The van der Waals surface area contributed by atoms with E-state index >= 15 is 0 Å². The van der Waals surface area contributed by atoms with Crippen LogP contribution in [0.1, 0.15) is 41.2 Å². The third-order valence-corrected chi connectivity index (χ3v) is 4.84. The molecular weight excluding hydrogens is 362 g/mol. The standard InChI is InChI=1S/C19H21N5O2S/c1-12(2)17(22-21-14-10-8-13(9-11-14)18(25)26-3)23-24-19-20-15-6-4-5-7-16(15)27-19/h5,7-12,21H,4,6H2,1-3H3. The highest BCUT2D eigenvalue weighted by Gasteiger charge is 2.12. The van der Waals surface area contributed by atoms with Crippen molar-refractivity contribution in [1.29, 1.82) is 0 Å². The normalized spacial score (nSPS) is 13.9. The largest absolute Gasteiger partial charge is 0.465 e. The van der Waals surface area contributed by atoms with Crippen LogP contribution in [-0.2, 0) is 11.2 Å². The Morgan fingerprint density at radius 2 is 2.07 bits per heavy atom. The number of amidine groups is 1. The predicted octanol–water partition coefficient (Wildman–Crippen LogP) is 5.05. The Hall–Kier alpha value is -2.87. The molecule has 0 atom stereocenters. The second kappa shape index (κ2) is 8.68. The van der Waals surface area contributed by atoms with Gasteiger partial charge in [0.05, 0.1) is 28.9 Å². The number of allylic oxidation sites excluding steroid dienone is 1. The van der Waals surface area contributed by atoms with Crippen molar-refractivity contribution in [2.45, 2.75) is 26.7 Å². The molecule has 0 saturated carbocycles. The Morgan fingerprint density at radius 1 is 1.30 bits per heavy atom. The summed E-state index contributed by atoms with van der Waals surface area (Å²) in [5.74, 6) is 0.281. The number of hydrogen-bond acceptors (Lipinski definition) is 7. The van der Waals surface area contributed by atoms with Crippen molar-refractivity contribution in [2.24, 2.45) is 21.2 Å². The number of methoxy groups -OCH3 is 1. The number of aryl methyl sites for hydroxylation is 1. The van der Waals surface area contributed by atoms with Gasteiger partial charge in [-0.15, -0.1) is 10.2 Å². The number of benzene rings is 1. The molecule has 1 aliphatic carbocycles. The molecule has 0 radical (unpaired) electrons. The van der Waals surface area contributed by atoms with Gasteiger partial charge in [0.25, 0.3) is 0 Å². The summed E-state index contributed by atoms with van der Waals surface area (Å²) < 4.78 is 4.69. The van der Waals surface area contributed by atoms with Gasteiger partial charge in [-0.2, -0.15) is 5.10 Å². The van der Waals surface area contributed by atoms with Crippen LogP contribution in [0.15, 0.2) is 45.7 Å². The van der Waals surface area contributed by atoms with Crippen molar-refractivity contribution in [1.82, 2.24) is 4.98 Å². The van der Waals surface area contributed by atoms with E-state index in [4.69, 9.17) is 0 Å². The first-order chi connectivity index (χ1) is 13.1. The number of hydrogen-bond donors (Lipinski definition) is 1. The Morgan fingerprint density at radius 3 is 2.74 bits per heavy atom. The average molecular weight is 383 g/mol. The summed E-state index contributed by atoms with van der Waals surface area (Å²) in [6, 6.07) is 6.86. The Labute approximate surface area is 161 Å². The topological polar surface area (TPSA) is 88.3 Å². The van der Waals surface area contributed by atoms with Gasteiger partial charge in [0.15, 0.2) is 5.84 Å². The molecule has 0 saturated heterocycles. The van der Waals surface area contributed by atoms with Crippen molar-refractivity contribution in [3.05, 3.63) is 46.5 Å². The number of ether oxygens (including phenoxy) is 1. The molecule has 0 bridgehead atoms. The van der Waals surface area contributed by atoms with E-state index in [1.807, 2.05) is 13.8 Å².